The summed E-state index contributed by atoms with van der Waals surface area (Å²) in [6.45, 7) is 0. The molecule has 0 saturated carbocycles. The summed E-state index contributed by atoms with van der Waals surface area (Å²) in [5.74, 6) is 1.52. The van der Waals surface area contributed by atoms with Gasteiger partial charge in [-0.25, -0.2) is 9.97 Å². The number of fused-ring (bicyclic) bond motifs is 1. The Morgan fingerprint density at radius 3 is 2.74 bits per heavy atom. The van der Waals surface area contributed by atoms with Gasteiger partial charge in [-0.3, -0.25) is 4.79 Å². The van der Waals surface area contributed by atoms with Crippen molar-refractivity contribution in [1.29, 1.82) is 0 Å². The van der Waals surface area contributed by atoms with Crippen LogP contribution in [0.5, 0.6) is 5.75 Å². The molecule has 6 heteroatoms. The Labute approximate surface area is 108 Å². The van der Waals surface area contributed by atoms with Crippen LogP contribution >= 0.6 is 0 Å². The molecule has 0 spiro atoms. The predicted octanol–water partition coefficient (Wildman–Crippen LogP) is 1.25. The fraction of sp³-hybridized carbons (Fsp3) is 0.154. The molecular formula is C13H12N4O2. The average molecular weight is 256 g/mol. The molecular weight excluding hydrogens is 244 g/mol. The van der Waals surface area contributed by atoms with Crippen molar-refractivity contribution in [3.05, 3.63) is 52.3 Å². The Hall–Kier alpha value is -2.63. The zero-order valence-electron chi connectivity index (χ0n) is 10.3. The molecule has 2 N–H and O–H groups in total. The van der Waals surface area contributed by atoms with Crippen molar-refractivity contribution in [3.63, 3.8) is 0 Å². The van der Waals surface area contributed by atoms with Crippen molar-refractivity contribution in [2.24, 2.45) is 0 Å². The van der Waals surface area contributed by atoms with Crippen molar-refractivity contribution in [2.45, 2.75) is 6.42 Å². The number of ether oxygens (including phenoxy) is 1. The third-order valence-electron chi connectivity index (χ3n) is 2.87. The van der Waals surface area contributed by atoms with E-state index in [1.165, 1.54) is 6.33 Å². The van der Waals surface area contributed by atoms with Gasteiger partial charge in [0.25, 0.3) is 5.56 Å². The molecule has 0 unspecified atom stereocenters. The summed E-state index contributed by atoms with van der Waals surface area (Å²) in [4.78, 5) is 25.4. The maximum Gasteiger partial charge on any atom is 0.276 e. The van der Waals surface area contributed by atoms with Gasteiger partial charge in [0.05, 0.1) is 13.4 Å². The van der Waals surface area contributed by atoms with Crippen molar-refractivity contribution < 1.29 is 4.74 Å². The molecule has 96 valence electrons. The van der Waals surface area contributed by atoms with Crippen LogP contribution in [0, 0.1) is 0 Å². The van der Waals surface area contributed by atoms with Crippen LogP contribution in [-0.2, 0) is 6.42 Å². The maximum atomic E-state index is 11.5. The zero-order chi connectivity index (χ0) is 13.2. The van der Waals surface area contributed by atoms with Crippen LogP contribution in [0.1, 0.15) is 11.4 Å². The molecule has 0 radical (unpaired) electrons. The minimum absolute atomic E-state index is 0.210. The van der Waals surface area contributed by atoms with Crippen LogP contribution < -0.4 is 10.3 Å². The van der Waals surface area contributed by atoms with E-state index >= 15 is 0 Å². The van der Waals surface area contributed by atoms with Gasteiger partial charge in [-0.2, -0.15) is 0 Å². The Kier molecular flexibility index (Phi) is 2.75. The number of hydrogen-bond acceptors (Lipinski definition) is 4. The molecule has 6 nitrogen and oxygen atoms in total. The fourth-order valence-corrected chi connectivity index (χ4v) is 1.91. The second kappa shape index (κ2) is 4.56. The van der Waals surface area contributed by atoms with E-state index in [1.54, 1.807) is 7.11 Å². The number of methoxy groups -OCH3 is 1. The van der Waals surface area contributed by atoms with Gasteiger partial charge in [-0.1, -0.05) is 12.1 Å². The van der Waals surface area contributed by atoms with Gasteiger partial charge in [0.1, 0.15) is 11.6 Å². The smallest absolute Gasteiger partial charge is 0.276 e. The van der Waals surface area contributed by atoms with Crippen LogP contribution in [-0.4, -0.2) is 27.0 Å². The van der Waals surface area contributed by atoms with Crippen LogP contribution in [0.2, 0.25) is 0 Å². The normalized spacial score (nSPS) is 10.8. The minimum atomic E-state index is -0.210. The minimum Gasteiger partial charge on any atom is -0.497 e. The number of H-pyrrole nitrogens is 2. The number of aromatic amines is 2. The first-order valence-electron chi connectivity index (χ1n) is 5.81. The highest BCUT2D eigenvalue weighted by molar-refractivity contribution is 5.68. The third kappa shape index (κ3) is 2.20. The number of hydrogen-bond donors (Lipinski definition) is 2. The molecule has 0 aliphatic rings. The molecule has 0 aliphatic carbocycles. The molecule has 0 bridgehead atoms. The molecule has 0 fully saturated rings. The molecule has 0 aliphatic heterocycles. The quantitative estimate of drug-likeness (QED) is 0.738. The Bertz CT molecular complexity index is 758. The van der Waals surface area contributed by atoms with Crippen LogP contribution in [0.25, 0.3) is 11.2 Å². The van der Waals surface area contributed by atoms with E-state index in [0.717, 1.165) is 11.3 Å². The summed E-state index contributed by atoms with van der Waals surface area (Å²) >= 11 is 0. The van der Waals surface area contributed by atoms with Gasteiger partial charge in [0, 0.05) is 6.42 Å². The van der Waals surface area contributed by atoms with Crippen LogP contribution in [0.15, 0.2) is 35.4 Å². The Morgan fingerprint density at radius 2 is 2.05 bits per heavy atom. The third-order valence-corrected chi connectivity index (χ3v) is 2.87. The topological polar surface area (TPSA) is 83.7 Å². The lowest BCUT2D eigenvalue weighted by atomic mass is 10.1. The van der Waals surface area contributed by atoms with E-state index in [1.807, 2.05) is 24.3 Å². The first-order chi connectivity index (χ1) is 9.26. The number of rotatable bonds is 3. The highest BCUT2D eigenvalue weighted by atomic mass is 16.5. The maximum absolute atomic E-state index is 11.5. The second-order valence-electron chi connectivity index (χ2n) is 4.14. The summed E-state index contributed by atoms with van der Waals surface area (Å²) in [5.41, 5.74) is 1.72. The molecule has 0 atom stereocenters. The van der Waals surface area contributed by atoms with Gasteiger partial charge in [0.2, 0.25) is 0 Å². The number of imidazole rings is 1. The molecule has 1 aromatic carbocycles. The first-order valence-corrected chi connectivity index (χ1v) is 5.81. The number of benzene rings is 1. The summed E-state index contributed by atoms with van der Waals surface area (Å²) in [6, 6.07) is 7.71. The number of nitrogens with zero attached hydrogens (tertiary/aromatic N) is 2. The number of nitrogens with one attached hydrogen (secondary N) is 2. The van der Waals surface area contributed by atoms with E-state index in [9.17, 15) is 4.79 Å². The van der Waals surface area contributed by atoms with Crippen LogP contribution in [0.4, 0.5) is 0 Å². The Morgan fingerprint density at radius 1 is 1.26 bits per heavy atom. The predicted molar refractivity (Wildman–Crippen MR) is 70.3 cm³/mol. The highest BCUT2D eigenvalue weighted by Crippen LogP contribution is 2.14. The van der Waals surface area contributed by atoms with Crippen molar-refractivity contribution in [1.82, 2.24) is 19.9 Å². The van der Waals surface area contributed by atoms with Gasteiger partial charge < -0.3 is 14.7 Å². The highest BCUT2D eigenvalue weighted by Gasteiger charge is 2.07. The first kappa shape index (κ1) is 11.5. The van der Waals surface area contributed by atoms with E-state index in [2.05, 4.69) is 19.9 Å². The van der Waals surface area contributed by atoms with Gasteiger partial charge in [0.15, 0.2) is 11.2 Å². The average Bonchev–Trinajstić information content (AvgIpc) is 2.84. The van der Waals surface area contributed by atoms with Gasteiger partial charge in [-0.05, 0) is 17.7 Å². The zero-order valence-corrected chi connectivity index (χ0v) is 10.3. The molecule has 2 heterocycles. The molecule has 3 rings (SSSR count). The molecule has 19 heavy (non-hydrogen) atoms. The monoisotopic (exact) mass is 256 g/mol. The second-order valence-corrected chi connectivity index (χ2v) is 4.14. The van der Waals surface area contributed by atoms with Gasteiger partial charge in [-0.15, -0.1) is 0 Å². The lowest BCUT2D eigenvalue weighted by Gasteiger charge is -2.01. The lowest BCUT2D eigenvalue weighted by Crippen LogP contribution is -2.05. The number of aromatic nitrogens is 4. The summed E-state index contributed by atoms with van der Waals surface area (Å²) in [5, 5.41) is 0. The molecule has 0 saturated heterocycles. The van der Waals surface area contributed by atoms with E-state index in [0.29, 0.717) is 23.4 Å². The SMILES string of the molecule is COc1ccc(Cc2nc3nc[nH]c(=O)c3[nH]2)cc1. The largest absolute Gasteiger partial charge is 0.497 e. The van der Waals surface area contributed by atoms with Crippen molar-refractivity contribution >= 4 is 11.2 Å². The molecule has 2 aromatic heterocycles. The van der Waals surface area contributed by atoms with E-state index in [4.69, 9.17) is 4.74 Å². The van der Waals surface area contributed by atoms with Crippen molar-refractivity contribution in [3.8, 4) is 5.75 Å². The summed E-state index contributed by atoms with van der Waals surface area (Å²) in [6.07, 6.45) is 1.96. The summed E-state index contributed by atoms with van der Waals surface area (Å²) < 4.78 is 5.10. The molecule has 3 aromatic rings. The van der Waals surface area contributed by atoms with E-state index in [-0.39, 0.29) is 5.56 Å². The van der Waals surface area contributed by atoms with Crippen molar-refractivity contribution in [2.75, 3.05) is 7.11 Å². The fourth-order valence-electron chi connectivity index (χ4n) is 1.91. The standard InChI is InChI=1S/C13H12N4O2/c1-19-9-4-2-8(3-5-9)6-10-16-11-12(17-10)14-7-15-13(11)18/h2-5,7H,6H2,1H3,(H2,14,15,16,17,18). The molecule has 0 amide bonds. The lowest BCUT2D eigenvalue weighted by molar-refractivity contribution is 0.414. The van der Waals surface area contributed by atoms with Crippen LogP contribution in [0.3, 0.4) is 0 Å². The Balaban J connectivity index is 1.92. The summed E-state index contributed by atoms with van der Waals surface area (Å²) in [7, 11) is 1.63. The van der Waals surface area contributed by atoms with E-state index < -0.39 is 0 Å². The van der Waals surface area contributed by atoms with Gasteiger partial charge >= 0.3 is 0 Å².